The molecule has 0 saturated carbocycles. The Morgan fingerprint density at radius 3 is 3.00 bits per heavy atom. The van der Waals surface area contributed by atoms with Crippen molar-refractivity contribution in [1.29, 1.82) is 0 Å². The molecule has 0 radical (unpaired) electrons. The molecule has 3 aromatic rings. The van der Waals surface area contributed by atoms with Gasteiger partial charge in [0.25, 0.3) is 0 Å². The van der Waals surface area contributed by atoms with E-state index in [0.717, 1.165) is 41.9 Å². The fraction of sp³-hybridized carbons (Fsp3) is 0.400. The number of aromatic nitrogens is 4. The van der Waals surface area contributed by atoms with E-state index in [1.165, 1.54) is 6.33 Å². The molecule has 2 aromatic heterocycles. The summed E-state index contributed by atoms with van der Waals surface area (Å²) in [5.74, 6) is 1.53. The van der Waals surface area contributed by atoms with Crippen molar-refractivity contribution in [1.82, 2.24) is 25.1 Å². The van der Waals surface area contributed by atoms with Crippen LogP contribution in [0.3, 0.4) is 0 Å². The van der Waals surface area contributed by atoms with E-state index in [1.54, 1.807) is 13.3 Å². The number of hydrogen-bond acceptors (Lipinski definition) is 7. The molecule has 9 nitrogen and oxygen atoms in total. The quantitative estimate of drug-likeness (QED) is 0.600. The summed E-state index contributed by atoms with van der Waals surface area (Å²) >= 11 is 0. The molecule has 1 atom stereocenters. The highest BCUT2D eigenvalue weighted by Gasteiger charge is 2.28. The minimum Gasteiger partial charge on any atom is -0.497 e. The van der Waals surface area contributed by atoms with Crippen LogP contribution in [0.5, 0.6) is 5.75 Å². The predicted molar refractivity (Wildman–Crippen MR) is 108 cm³/mol. The molecule has 0 aliphatic carbocycles. The summed E-state index contributed by atoms with van der Waals surface area (Å²) in [5.41, 5.74) is 1.69. The zero-order valence-electron chi connectivity index (χ0n) is 16.3. The van der Waals surface area contributed by atoms with Gasteiger partial charge in [-0.3, -0.25) is 9.89 Å². The summed E-state index contributed by atoms with van der Waals surface area (Å²) in [6, 6.07) is 7.75. The first-order valence-corrected chi connectivity index (χ1v) is 9.62. The van der Waals surface area contributed by atoms with E-state index >= 15 is 0 Å². The Morgan fingerprint density at radius 1 is 1.31 bits per heavy atom. The van der Waals surface area contributed by atoms with Crippen molar-refractivity contribution in [2.75, 3.05) is 32.1 Å². The molecule has 29 heavy (non-hydrogen) atoms. The normalized spacial score (nSPS) is 16.3. The van der Waals surface area contributed by atoms with E-state index in [9.17, 15) is 4.79 Å². The van der Waals surface area contributed by atoms with Crippen molar-refractivity contribution in [2.45, 2.75) is 25.5 Å². The van der Waals surface area contributed by atoms with Crippen LogP contribution in [-0.2, 0) is 16.1 Å². The largest absolute Gasteiger partial charge is 0.497 e. The van der Waals surface area contributed by atoms with Crippen LogP contribution in [0.1, 0.15) is 18.4 Å². The van der Waals surface area contributed by atoms with Gasteiger partial charge in [0.2, 0.25) is 5.91 Å². The van der Waals surface area contributed by atoms with Gasteiger partial charge in [0.15, 0.2) is 5.65 Å². The summed E-state index contributed by atoms with van der Waals surface area (Å²) in [4.78, 5) is 23.0. The fourth-order valence-corrected chi connectivity index (χ4v) is 3.56. The van der Waals surface area contributed by atoms with E-state index in [0.29, 0.717) is 18.8 Å². The van der Waals surface area contributed by atoms with Gasteiger partial charge in [0.05, 0.1) is 25.3 Å². The number of likely N-dealkylation sites (tertiary alicyclic amines) is 1. The minimum absolute atomic E-state index is 0.0129. The Morgan fingerprint density at radius 2 is 2.17 bits per heavy atom. The smallest absolute Gasteiger partial charge is 0.248 e. The van der Waals surface area contributed by atoms with Crippen LogP contribution in [0.15, 0.2) is 36.8 Å². The number of nitrogens with one attached hydrogen (secondary N) is 2. The highest BCUT2D eigenvalue weighted by Crippen LogP contribution is 2.21. The summed E-state index contributed by atoms with van der Waals surface area (Å²) in [6.07, 6.45) is 5.13. The Bertz CT molecular complexity index is 958. The third-order valence-corrected chi connectivity index (χ3v) is 5.10. The summed E-state index contributed by atoms with van der Waals surface area (Å²) in [5, 5.41) is 11.0. The molecule has 9 heteroatoms. The maximum atomic E-state index is 12.6. The number of benzene rings is 1. The first kappa shape index (κ1) is 19.1. The maximum Gasteiger partial charge on any atom is 0.248 e. The second-order valence-electron chi connectivity index (χ2n) is 6.96. The van der Waals surface area contributed by atoms with Crippen LogP contribution in [0.25, 0.3) is 11.0 Å². The number of anilines is 1. The van der Waals surface area contributed by atoms with Crippen molar-refractivity contribution in [3.63, 3.8) is 0 Å². The van der Waals surface area contributed by atoms with Gasteiger partial charge in [-0.25, -0.2) is 9.97 Å². The average molecular weight is 396 g/mol. The molecule has 1 saturated heterocycles. The highest BCUT2D eigenvalue weighted by atomic mass is 16.5. The standard InChI is InChI=1S/C20H24N6O3/c1-28-16-6-4-14(5-7-16)11-29-12-18(27)26-8-2-3-15(26)9-21-19-17-10-24-25-20(17)23-13-22-19/h4-7,10,13,15H,2-3,8-9,11-12H2,1H3,(H2,21,22,23,24,25)/t15-/m0/s1. The summed E-state index contributed by atoms with van der Waals surface area (Å²) < 4.78 is 10.8. The van der Waals surface area contributed by atoms with Crippen LogP contribution in [-0.4, -0.2) is 63.8 Å². The lowest BCUT2D eigenvalue weighted by molar-refractivity contribution is -0.137. The third kappa shape index (κ3) is 4.45. The summed E-state index contributed by atoms with van der Waals surface area (Å²) in [7, 11) is 1.63. The van der Waals surface area contributed by atoms with Gasteiger partial charge in [0.1, 0.15) is 24.5 Å². The van der Waals surface area contributed by atoms with E-state index in [4.69, 9.17) is 9.47 Å². The third-order valence-electron chi connectivity index (χ3n) is 5.10. The molecule has 1 aliphatic heterocycles. The Kier molecular flexibility index (Phi) is 5.85. The van der Waals surface area contributed by atoms with E-state index < -0.39 is 0 Å². The first-order chi connectivity index (χ1) is 14.2. The predicted octanol–water partition coefficient (Wildman–Crippen LogP) is 1.98. The number of fused-ring (bicyclic) bond motifs is 1. The molecule has 4 rings (SSSR count). The van der Waals surface area contributed by atoms with Crippen LogP contribution >= 0.6 is 0 Å². The lowest BCUT2D eigenvalue weighted by atomic mass is 10.2. The van der Waals surface area contributed by atoms with Crippen molar-refractivity contribution in [3.8, 4) is 5.75 Å². The molecule has 1 aliphatic rings. The number of ether oxygens (including phenoxy) is 2. The Hall–Kier alpha value is -3.20. The van der Waals surface area contributed by atoms with Crippen molar-refractivity contribution < 1.29 is 14.3 Å². The van der Waals surface area contributed by atoms with Crippen LogP contribution in [0.4, 0.5) is 5.82 Å². The minimum atomic E-state index is 0.0129. The molecular formula is C20H24N6O3. The molecule has 3 heterocycles. The molecule has 0 bridgehead atoms. The van der Waals surface area contributed by atoms with Gasteiger partial charge >= 0.3 is 0 Å². The fourth-order valence-electron chi connectivity index (χ4n) is 3.56. The lowest BCUT2D eigenvalue weighted by Gasteiger charge is -2.25. The Balaban J connectivity index is 1.28. The summed E-state index contributed by atoms with van der Waals surface area (Å²) in [6.45, 7) is 1.84. The molecule has 0 spiro atoms. The van der Waals surface area contributed by atoms with Crippen molar-refractivity contribution >= 4 is 22.8 Å². The van der Waals surface area contributed by atoms with Gasteiger partial charge in [-0.05, 0) is 30.5 Å². The number of H-pyrrole nitrogens is 1. The zero-order chi connectivity index (χ0) is 20.1. The second kappa shape index (κ2) is 8.87. The molecule has 152 valence electrons. The van der Waals surface area contributed by atoms with E-state index in [-0.39, 0.29) is 18.6 Å². The molecule has 0 unspecified atom stereocenters. The molecule has 1 fully saturated rings. The number of carbonyl (C=O) groups is 1. The SMILES string of the molecule is COc1ccc(COCC(=O)N2CCC[C@H]2CNc2ncnc3[nH]ncc23)cc1. The zero-order valence-corrected chi connectivity index (χ0v) is 16.3. The number of nitrogens with zero attached hydrogens (tertiary/aromatic N) is 4. The first-order valence-electron chi connectivity index (χ1n) is 9.62. The van der Waals surface area contributed by atoms with Gasteiger partial charge in [0, 0.05) is 19.1 Å². The number of hydrogen-bond donors (Lipinski definition) is 2. The molecule has 1 amide bonds. The number of methoxy groups -OCH3 is 1. The van der Waals surface area contributed by atoms with Crippen LogP contribution in [0.2, 0.25) is 0 Å². The van der Waals surface area contributed by atoms with Gasteiger partial charge in [-0.1, -0.05) is 12.1 Å². The lowest BCUT2D eigenvalue weighted by Crippen LogP contribution is -2.41. The van der Waals surface area contributed by atoms with E-state index in [1.807, 2.05) is 29.2 Å². The number of rotatable bonds is 8. The number of aromatic amines is 1. The topological polar surface area (TPSA) is 105 Å². The van der Waals surface area contributed by atoms with Gasteiger partial charge in [-0.2, -0.15) is 5.10 Å². The average Bonchev–Trinajstić information content (AvgIpc) is 3.42. The van der Waals surface area contributed by atoms with Gasteiger partial charge < -0.3 is 19.7 Å². The van der Waals surface area contributed by atoms with Crippen LogP contribution in [0, 0.1) is 0 Å². The molecule has 1 aromatic carbocycles. The van der Waals surface area contributed by atoms with Gasteiger partial charge in [-0.15, -0.1) is 0 Å². The van der Waals surface area contributed by atoms with Crippen molar-refractivity contribution in [3.05, 3.63) is 42.4 Å². The monoisotopic (exact) mass is 396 g/mol. The Labute approximate surface area is 168 Å². The van der Waals surface area contributed by atoms with Crippen LogP contribution < -0.4 is 10.1 Å². The highest BCUT2D eigenvalue weighted by molar-refractivity contribution is 5.85. The maximum absolute atomic E-state index is 12.6. The van der Waals surface area contributed by atoms with Crippen molar-refractivity contribution in [2.24, 2.45) is 0 Å². The second-order valence-corrected chi connectivity index (χ2v) is 6.96. The molecule has 2 N–H and O–H groups in total. The molecular weight excluding hydrogens is 372 g/mol. The number of amides is 1. The van der Waals surface area contributed by atoms with E-state index in [2.05, 4.69) is 25.5 Å². The number of carbonyl (C=O) groups excluding carboxylic acids is 1.